The maximum atomic E-state index is 13.0. The lowest BCUT2D eigenvalue weighted by Gasteiger charge is -2.31. The van der Waals surface area contributed by atoms with E-state index in [-0.39, 0.29) is 11.0 Å². The van der Waals surface area contributed by atoms with E-state index < -0.39 is 15.6 Å². The summed E-state index contributed by atoms with van der Waals surface area (Å²) in [7, 11) is -3.63. The molecule has 1 saturated heterocycles. The van der Waals surface area contributed by atoms with Gasteiger partial charge in [-0.25, -0.2) is 13.2 Å². The summed E-state index contributed by atoms with van der Waals surface area (Å²) in [6.45, 7) is 3.20. The first-order chi connectivity index (χ1) is 13.4. The number of aryl methyl sites for hydroxylation is 1. The molecule has 0 amide bonds. The van der Waals surface area contributed by atoms with Crippen LogP contribution >= 0.6 is 0 Å². The van der Waals surface area contributed by atoms with E-state index in [1.165, 1.54) is 22.5 Å². The number of hydrogen-bond acceptors (Lipinski definition) is 7. The van der Waals surface area contributed by atoms with Crippen LogP contribution in [0.25, 0.3) is 0 Å². The lowest BCUT2D eigenvalue weighted by atomic mass is 10.1. The number of piperidine rings is 1. The van der Waals surface area contributed by atoms with Crippen LogP contribution in [-0.2, 0) is 10.0 Å². The van der Waals surface area contributed by atoms with Gasteiger partial charge in [-0.3, -0.25) is 0 Å². The molecular weight excluding hydrogens is 386 g/mol. The topological polar surface area (TPSA) is 95.3 Å². The molecule has 2 aromatic rings. The second-order valence-corrected chi connectivity index (χ2v) is 8.69. The molecule has 2 aliphatic rings. The van der Waals surface area contributed by atoms with Gasteiger partial charge in [0.15, 0.2) is 11.5 Å². The average molecular weight is 407 g/mol. The third kappa shape index (κ3) is 3.85. The van der Waals surface area contributed by atoms with Gasteiger partial charge in [0.1, 0.15) is 30.8 Å². The number of sulfonamides is 1. The molecular formula is C19H21NO7S. The zero-order valence-corrected chi connectivity index (χ0v) is 16.2. The minimum Gasteiger partial charge on any atom is -0.490 e. The Hall–Kier alpha value is -2.52. The molecule has 0 unspecified atom stereocenters. The van der Waals surface area contributed by atoms with Crippen molar-refractivity contribution in [3.8, 4) is 17.2 Å². The first kappa shape index (κ1) is 18.8. The molecule has 28 heavy (non-hydrogen) atoms. The molecule has 0 bridgehead atoms. The van der Waals surface area contributed by atoms with Crippen molar-refractivity contribution in [3.63, 3.8) is 0 Å². The van der Waals surface area contributed by atoms with Crippen LogP contribution in [0.5, 0.6) is 17.2 Å². The summed E-state index contributed by atoms with van der Waals surface area (Å²) < 4.78 is 49.1. The van der Waals surface area contributed by atoms with Crippen molar-refractivity contribution in [1.82, 2.24) is 4.31 Å². The summed E-state index contributed by atoms with van der Waals surface area (Å²) in [5.41, 5.74) is -0.464. The van der Waals surface area contributed by atoms with Crippen LogP contribution in [-0.4, -0.2) is 45.1 Å². The Morgan fingerprint density at radius 2 is 1.75 bits per heavy atom. The molecule has 1 aromatic carbocycles. The van der Waals surface area contributed by atoms with Gasteiger partial charge in [-0.05, 0) is 31.9 Å². The molecule has 0 atom stereocenters. The molecule has 0 spiro atoms. The number of fused-ring (bicyclic) bond motifs is 1. The van der Waals surface area contributed by atoms with E-state index in [0.717, 1.165) is 0 Å². The van der Waals surface area contributed by atoms with Crippen molar-refractivity contribution < 1.29 is 27.0 Å². The molecule has 2 aliphatic heterocycles. The number of benzene rings is 1. The van der Waals surface area contributed by atoms with Gasteiger partial charge in [0, 0.05) is 25.2 Å². The minimum absolute atomic E-state index is 0.159. The van der Waals surface area contributed by atoms with Crippen molar-refractivity contribution in [2.45, 2.75) is 30.8 Å². The second kappa shape index (κ2) is 7.48. The van der Waals surface area contributed by atoms with Gasteiger partial charge in [0.05, 0.1) is 11.0 Å². The summed E-state index contributed by atoms with van der Waals surface area (Å²) >= 11 is 0. The third-order valence-corrected chi connectivity index (χ3v) is 6.62. The summed E-state index contributed by atoms with van der Waals surface area (Å²) in [5.74, 6) is 1.92. The van der Waals surface area contributed by atoms with E-state index >= 15 is 0 Å². The molecule has 1 fully saturated rings. The monoisotopic (exact) mass is 407 g/mol. The molecule has 0 radical (unpaired) electrons. The summed E-state index contributed by atoms with van der Waals surface area (Å²) in [5, 5.41) is 0. The molecule has 8 nitrogen and oxygen atoms in total. The fourth-order valence-electron chi connectivity index (χ4n) is 3.36. The van der Waals surface area contributed by atoms with E-state index in [4.69, 9.17) is 18.6 Å². The highest BCUT2D eigenvalue weighted by Crippen LogP contribution is 2.33. The zero-order chi connectivity index (χ0) is 19.7. The van der Waals surface area contributed by atoms with Crippen molar-refractivity contribution in [2.24, 2.45) is 0 Å². The van der Waals surface area contributed by atoms with Gasteiger partial charge < -0.3 is 18.6 Å². The molecule has 1 aromatic heterocycles. The van der Waals surface area contributed by atoms with E-state index in [2.05, 4.69) is 0 Å². The standard InChI is InChI=1S/C19H21NO7S/c1-13-10-15(11-19(21)26-13)27-14-4-6-20(7-5-14)28(22,23)16-2-3-17-18(12-16)25-9-8-24-17/h2-3,10-12,14H,4-9H2,1H3. The predicted molar refractivity (Wildman–Crippen MR) is 99.6 cm³/mol. The number of ether oxygens (including phenoxy) is 3. The number of nitrogens with zero attached hydrogens (tertiary/aromatic N) is 1. The van der Waals surface area contributed by atoms with E-state index in [1.54, 1.807) is 19.1 Å². The van der Waals surface area contributed by atoms with Gasteiger partial charge in [-0.15, -0.1) is 0 Å². The Labute approximate surface area is 162 Å². The molecule has 0 saturated carbocycles. The van der Waals surface area contributed by atoms with Crippen molar-refractivity contribution in [1.29, 1.82) is 0 Å². The highest BCUT2D eigenvalue weighted by molar-refractivity contribution is 7.89. The highest BCUT2D eigenvalue weighted by Gasteiger charge is 2.31. The Balaban J connectivity index is 1.43. The fraction of sp³-hybridized carbons (Fsp3) is 0.421. The van der Waals surface area contributed by atoms with Crippen LogP contribution in [0, 0.1) is 6.92 Å². The molecule has 0 N–H and O–H groups in total. The quantitative estimate of drug-likeness (QED) is 0.764. The highest BCUT2D eigenvalue weighted by atomic mass is 32.2. The molecule has 9 heteroatoms. The van der Waals surface area contributed by atoms with Gasteiger partial charge in [-0.2, -0.15) is 4.31 Å². The Morgan fingerprint density at radius 1 is 1.04 bits per heavy atom. The minimum atomic E-state index is -3.63. The maximum absolute atomic E-state index is 13.0. The van der Waals surface area contributed by atoms with Crippen LogP contribution in [0.15, 0.2) is 44.4 Å². The van der Waals surface area contributed by atoms with E-state index in [1.807, 2.05) is 0 Å². The normalized spacial score (nSPS) is 18.0. The maximum Gasteiger partial charge on any atom is 0.339 e. The van der Waals surface area contributed by atoms with Crippen LogP contribution in [0.2, 0.25) is 0 Å². The second-order valence-electron chi connectivity index (χ2n) is 6.75. The lowest BCUT2D eigenvalue weighted by molar-refractivity contribution is 0.134. The van der Waals surface area contributed by atoms with E-state index in [9.17, 15) is 13.2 Å². The third-order valence-electron chi connectivity index (χ3n) is 4.72. The lowest BCUT2D eigenvalue weighted by Crippen LogP contribution is -2.41. The first-order valence-corrected chi connectivity index (χ1v) is 10.5. The predicted octanol–water partition coefficient (Wildman–Crippen LogP) is 1.95. The van der Waals surface area contributed by atoms with Crippen molar-refractivity contribution >= 4 is 10.0 Å². The van der Waals surface area contributed by atoms with Crippen LogP contribution < -0.4 is 19.8 Å². The van der Waals surface area contributed by atoms with Crippen molar-refractivity contribution in [2.75, 3.05) is 26.3 Å². The SMILES string of the molecule is Cc1cc(OC2CCN(S(=O)(=O)c3ccc4c(c3)OCCO4)CC2)cc(=O)o1. The zero-order valence-electron chi connectivity index (χ0n) is 15.4. The van der Waals surface area contributed by atoms with Gasteiger partial charge in [0.2, 0.25) is 10.0 Å². The molecule has 4 rings (SSSR count). The average Bonchev–Trinajstić information content (AvgIpc) is 2.67. The fourth-order valence-corrected chi connectivity index (χ4v) is 4.85. The van der Waals surface area contributed by atoms with Gasteiger partial charge >= 0.3 is 5.63 Å². The number of hydrogen-bond donors (Lipinski definition) is 0. The van der Waals surface area contributed by atoms with Gasteiger partial charge in [0.25, 0.3) is 0 Å². The van der Waals surface area contributed by atoms with Crippen molar-refractivity contribution in [3.05, 3.63) is 46.5 Å². The van der Waals surface area contributed by atoms with Gasteiger partial charge in [-0.1, -0.05) is 0 Å². The van der Waals surface area contributed by atoms with Crippen LogP contribution in [0.3, 0.4) is 0 Å². The summed E-state index contributed by atoms with van der Waals surface area (Å²) in [6.07, 6.45) is 0.902. The van der Waals surface area contributed by atoms with Crippen LogP contribution in [0.1, 0.15) is 18.6 Å². The molecule has 0 aliphatic carbocycles. The van der Waals surface area contributed by atoms with Crippen LogP contribution in [0.4, 0.5) is 0 Å². The Bertz CT molecular complexity index is 1020. The first-order valence-electron chi connectivity index (χ1n) is 9.10. The number of rotatable bonds is 4. The van der Waals surface area contributed by atoms with E-state index in [0.29, 0.717) is 62.2 Å². The Morgan fingerprint density at radius 3 is 2.46 bits per heavy atom. The molecule has 150 valence electrons. The molecule has 3 heterocycles. The summed E-state index contributed by atoms with van der Waals surface area (Å²) in [4.78, 5) is 11.6. The largest absolute Gasteiger partial charge is 0.490 e. The smallest absolute Gasteiger partial charge is 0.339 e. The summed E-state index contributed by atoms with van der Waals surface area (Å²) in [6, 6.07) is 7.63. The Kier molecular flexibility index (Phi) is 5.03.